The molecule has 0 heterocycles. The summed E-state index contributed by atoms with van der Waals surface area (Å²) >= 11 is 0. The van der Waals surface area contributed by atoms with Crippen LogP contribution in [0.1, 0.15) is 5.56 Å². The van der Waals surface area contributed by atoms with Gasteiger partial charge in [0.15, 0.2) is 5.78 Å². The number of ketones is 1. The number of rotatable bonds is 12. The van der Waals surface area contributed by atoms with Gasteiger partial charge in [-0.25, -0.2) is 4.79 Å². The summed E-state index contributed by atoms with van der Waals surface area (Å²) in [6, 6.07) is 6.19. The first-order chi connectivity index (χ1) is 13.2. The second-order valence-electron chi connectivity index (χ2n) is 5.49. The molecule has 3 atom stereocenters. The number of Topliss-reactive ketones (excluding diaryl/α,β-unsaturated/α-hetero) is 1. The van der Waals surface area contributed by atoms with Crippen molar-refractivity contribution in [3.05, 3.63) is 35.9 Å². The van der Waals surface area contributed by atoms with Crippen molar-refractivity contribution < 1.29 is 34.1 Å². The third-order valence-electron chi connectivity index (χ3n) is 3.28. The van der Waals surface area contributed by atoms with Crippen LogP contribution in [0, 0.1) is 0 Å². The van der Waals surface area contributed by atoms with Crippen molar-refractivity contribution >= 4 is 45.4 Å². The van der Waals surface area contributed by atoms with E-state index < -0.39 is 47.7 Å². The number of nitrogens with two attached hydrogens (primary N) is 2. The van der Waals surface area contributed by atoms with Gasteiger partial charge in [0.25, 0.3) is 0 Å². The van der Waals surface area contributed by atoms with Gasteiger partial charge in [0.2, 0.25) is 0 Å². The van der Waals surface area contributed by atoms with Crippen LogP contribution in [0.25, 0.3) is 0 Å². The SMILES string of the molecule is N[C@H](C(=O)O)C(SSC[C@H](N)C(=O)O)C(=O)CNC(=O)OCc1ccccc1. The number of carbonyl (C=O) groups is 4. The van der Waals surface area contributed by atoms with Crippen molar-refractivity contribution in [2.75, 3.05) is 12.3 Å². The van der Waals surface area contributed by atoms with E-state index in [2.05, 4.69) is 5.32 Å². The number of amides is 1. The third-order valence-corrected chi connectivity index (χ3v) is 6.12. The summed E-state index contributed by atoms with van der Waals surface area (Å²) in [5.74, 6) is -3.32. The first-order valence-corrected chi connectivity index (χ1v) is 10.3. The fourth-order valence-corrected chi connectivity index (χ4v) is 4.47. The van der Waals surface area contributed by atoms with Gasteiger partial charge < -0.3 is 31.7 Å². The molecule has 0 saturated heterocycles. The van der Waals surface area contributed by atoms with Crippen LogP contribution in [0.2, 0.25) is 0 Å². The van der Waals surface area contributed by atoms with Crippen molar-refractivity contribution in [3.63, 3.8) is 0 Å². The molecule has 0 saturated carbocycles. The van der Waals surface area contributed by atoms with Crippen LogP contribution in [-0.4, -0.2) is 63.7 Å². The molecule has 0 aliphatic heterocycles. The predicted molar refractivity (Wildman–Crippen MR) is 105 cm³/mol. The average molecular weight is 431 g/mol. The fourth-order valence-electron chi connectivity index (χ4n) is 1.73. The Morgan fingerprint density at radius 2 is 1.71 bits per heavy atom. The van der Waals surface area contributed by atoms with Crippen LogP contribution < -0.4 is 16.8 Å². The average Bonchev–Trinajstić information content (AvgIpc) is 2.67. The van der Waals surface area contributed by atoms with Crippen LogP contribution in [0.3, 0.4) is 0 Å². The van der Waals surface area contributed by atoms with Crippen LogP contribution in [0.5, 0.6) is 0 Å². The highest BCUT2D eigenvalue weighted by atomic mass is 33.1. The largest absolute Gasteiger partial charge is 0.480 e. The number of carbonyl (C=O) groups excluding carboxylic acids is 2. The number of nitrogens with one attached hydrogen (secondary N) is 1. The van der Waals surface area contributed by atoms with E-state index in [1.807, 2.05) is 6.07 Å². The number of hydrogen-bond donors (Lipinski definition) is 5. The summed E-state index contributed by atoms with van der Waals surface area (Å²) in [5, 5.41) is 18.8. The summed E-state index contributed by atoms with van der Waals surface area (Å²) < 4.78 is 4.96. The van der Waals surface area contributed by atoms with Gasteiger partial charge in [-0.2, -0.15) is 0 Å². The van der Waals surface area contributed by atoms with Gasteiger partial charge >= 0.3 is 18.0 Å². The number of alkyl carbamates (subject to hydrolysis) is 1. The summed E-state index contributed by atoms with van der Waals surface area (Å²) in [7, 11) is 1.72. The number of carboxylic acid groups (broad SMARTS) is 2. The summed E-state index contributed by atoms with van der Waals surface area (Å²) in [4.78, 5) is 45.8. The monoisotopic (exact) mass is 431 g/mol. The minimum absolute atomic E-state index is 0.0105. The van der Waals surface area contributed by atoms with Gasteiger partial charge in [-0.15, -0.1) is 0 Å². The lowest BCUT2D eigenvalue weighted by Crippen LogP contribution is -2.47. The lowest BCUT2D eigenvalue weighted by molar-refractivity contribution is -0.140. The molecule has 154 valence electrons. The van der Waals surface area contributed by atoms with Gasteiger partial charge in [-0.1, -0.05) is 51.9 Å². The maximum Gasteiger partial charge on any atom is 0.407 e. The van der Waals surface area contributed by atoms with Crippen LogP contribution in [0.15, 0.2) is 30.3 Å². The van der Waals surface area contributed by atoms with Crippen molar-refractivity contribution in [1.29, 1.82) is 0 Å². The zero-order chi connectivity index (χ0) is 21.1. The van der Waals surface area contributed by atoms with Crippen LogP contribution >= 0.6 is 21.6 Å². The molecule has 0 bridgehead atoms. The zero-order valence-corrected chi connectivity index (χ0v) is 16.3. The number of benzene rings is 1. The lowest BCUT2D eigenvalue weighted by Gasteiger charge is -2.19. The molecule has 0 aliphatic carbocycles. The molecule has 1 rings (SSSR count). The standard InChI is InChI=1S/C16H21N3O7S2/c17-10(14(21)22)8-27-28-13(12(18)15(23)24)11(20)6-19-16(25)26-7-9-4-2-1-3-5-9/h1-5,10,12-13H,6-8,17-18H2,(H,19,25)(H,21,22)(H,23,24)/t10-,12-,13?/m0/s1. The van der Waals surface area contributed by atoms with Crippen LogP contribution in [-0.2, 0) is 25.7 Å². The van der Waals surface area contributed by atoms with Crippen molar-refractivity contribution in [2.45, 2.75) is 23.9 Å². The molecule has 12 heteroatoms. The van der Waals surface area contributed by atoms with Gasteiger partial charge in [0.1, 0.15) is 23.9 Å². The van der Waals surface area contributed by atoms with Gasteiger partial charge in [0.05, 0.1) is 6.54 Å². The van der Waals surface area contributed by atoms with Crippen molar-refractivity contribution in [1.82, 2.24) is 5.32 Å². The lowest BCUT2D eigenvalue weighted by atomic mass is 10.1. The number of aliphatic carboxylic acids is 2. The van der Waals surface area contributed by atoms with Gasteiger partial charge in [0, 0.05) is 5.75 Å². The molecule has 0 radical (unpaired) electrons. The Hall–Kier alpha value is -2.28. The first kappa shape index (κ1) is 23.8. The highest BCUT2D eigenvalue weighted by molar-refractivity contribution is 8.77. The maximum atomic E-state index is 12.3. The number of ether oxygens (including phenoxy) is 1. The van der Waals surface area contributed by atoms with E-state index in [1.165, 1.54) is 0 Å². The highest BCUT2D eigenvalue weighted by Gasteiger charge is 2.32. The Kier molecular flexibility index (Phi) is 10.4. The maximum absolute atomic E-state index is 12.3. The quantitative estimate of drug-likeness (QED) is 0.282. The molecular formula is C16H21N3O7S2. The summed E-state index contributed by atoms with van der Waals surface area (Å²) in [5.41, 5.74) is 11.6. The minimum Gasteiger partial charge on any atom is -0.480 e. The summed E-state index contributed by atoms with van der Waals surface area (Å²) in [6.45, 7) is -0.478. The first-order valence-electron chi connectivity index (χ1n) is 7.94. The van der Waals surface area contributed by atoms with E-state index in [0.717, 1.165) is 27.2 Å². The van der Waals surface area contributed by atoms with Gasteiger partial charge in [-0.05, 0) is 5.56 Å². The van der Waals surface area contributed by atoms with E-state index in [9.17, 15) is 19.2 Å². The van der Waals surface area contributed by atoms with E-state index >= 15 is 0 Å². The second-order valence-corrected chi connectivity index (χ2v) is 8.05. The fraction of sp³-hybridized carbons (Fsp3) is 0.375. The highest BCUT2D eigenvalue weighted by Crippen LogP contribution is 2.29. The minimum atomic E-state index is -1.53. The topological polar surface area (TPSA) is 182 Å². The van der Waals surface area contributed by atoms with Crippen molar-refractivity contribution in [3.8, 4) is 0 Å². The summed E-state index contributed by atoms with van der Waals surface area (Å²) in [6.07, 6.45) is -0.842. The number of hydrogen-bond acceptors (Lipinski definition) is 9. The van der Waals surface area contributed by atoms with E-state index in [4.69, 9.17) is 26.4 Å². The van der Waals surface area contributed by atoms with E-state index in [0.29, 0.717) is 0 Å². The molecule has 1 aromatic carbocycles. The molecule has 10 nitrogen and oxygen atoms in total. The third kappa shape index (κ3) is 8.61. The molecule has 1 aromatic rings. The number of carboxylic acids is 2. The van der Waals surface area contributed by atoms with E-state index in [1.54, 1.807) is 24.3 Å². The Labute approximate surface area is 168 Å². The normalized spacial score (nSPS) is 13.8. The zero-order valence-electron chi connectivity index (χ0n) is 14.6. The molecular weight excluding hydrogens is 410 g/mol. The van der Waals surface area contributed by atoms with Crippen LogP contribution in [0.4, 0.5) is 4.79 Å². The smallest absolute Gasteiger partial charge is 0.407 e. The Morgan fingerprint density at radius 1 is 1.07 bits per heavy atom. The van der Waals surface area contributed by atoms with E-state index in [-0.39, 0.29) is 12.4 Å². The molecule has 1 unspecified atom stereocenters. The molecule has 7 N–H and O–H groups in total. The molecule has 0 fully saturated rings. The Balaban J connectivity index is 2.51. The molecule has 0 spiro atoms. The molecule has 0 aromatic heterocycles. The Morgan fingerprint density at radius 3 is 2.29 bits per heavy atom. The van der Waals surface area contributed by atoms with Gasteiger partial charge in [-0.3, -0.25) is 14.4 Å². The predicted octanol–water partition coefficient (Wildman–Crippen LogP) is 0.0557. The van der Waals surface area contributed by atoms with Crippen molar-refractivity contribution in [2.24, 2.45) is 11.5 Å². The second kappa shape index (κ2) is 12.2. The molecule has 1 amide bonds. The molecule has 28 heavy (non-hydrogen) atoms. The Bertz CT molecular complexity index is 690. The molecule has 0 aliphatic rings.